The molecule has 0 saturated heterocycles. The van der Waals surface area contributed by atoms with Gasteiger partial charge in [0.1, 0.15) is 5.82 Å². The molecule has 0 aromatic heterocycles. The quantitative estimate of drug-likeness (QED) is 0.740. The van der Waals surface area contributed by atoms with Gasteiger partial charge in [0.15, 0.2) is 0 Å². The summed E-state index contributed by atoms with van der Waals surface area (Å²) in [5, 5.41) is 2.37. The number of carbonyl (C=O) groups is 1. The SMILES string of the molecule is CS(=O)(=O)Nc1cc(F)ccc1CNC=O. The van der Waals surface area contributed by atoms with Gasteiger partial charge in [-0.3, -0.25) is 9.52 Å². The van der Waals surface area contributed by atoms with Gasteiger partial charge in [-0.25, -0.2) is 12.8 Å². The molecule has 0 aliphatic heterocycles. The molecule has 0 aliphatic rings. The predicted molar refractivity (Wildman–Crippen MR) is 57.8 cm³/mol. The number of hydrogen-bond acceptors (Lipinski definition) is 3. The number of carbonyl (C=O) groups excluding carboxylic acids is 1. The van der Waals surface area contributed by atoms with Crippen LogP contribution < -0.4 is 10.0 Å². The van der Waals surface area contributed by atoms with E-state index in [9.17, 15) is 17.6 Å². The Labute approximate surface area is 92.7 Å². The van der Waals surface area contributed by atoms with Gasteiger partial charge in [-0.15, -0.1) is 0 Å². The average Bonchev–Trinajstić information content (AvgIpc) is 2.14. The van der Waals surface area contributed by atoms with Crippen molar-refractivity contribution in [1.82, 2.24) is 5.32 Å². The summed E-state index contributed by atoms with van der Waals surface area (Å²) in [5.74, 6) is -0.555. The Morgan fingerprint density at radius 2 is 2.12 bits per heavy atom. The number of nitrogens with one attached hydrogen (secondary N) is 2. The molecule has 1 aromatic rings. The first-order chi connectivity index (χ1) is 7.42. The van der Waals surface area contributed by atoms with Crippen molar-refractivity contribution < 1.29 is 17.6 Å². The molecule has 5 nitrogen and oxygen atoms in total. The van der Waals surface area contributed by atoms with Crippen LogP contribution in [0.15, 0.2) is 18.2 Å². The van der Waals surface area contributed by atoms with Gasteiger partial charge in [0, 0.05) is 6.54 Å². The van der Waals surface area contributed by atoms with Crippen molar-refractivity contribution in [3.8, 4) is 0 Å². The summed E-state index contributed by atoms with van der Waals surface area (Å²) in [6, 6.07) is 3.65. The van der Waals surface area contributed by atoms with Crippen LogP contribution in [0.3, 0.4) is 0 Å². The van der Waals surface area contributed by atoms with Gasteiger partial charge in [-0.1, -0.05) is 6.07 Å². The Bertz CT molecular complexity index is 488. The fourth-order valence-corrected chi connectivity index (χ4v) is 1.74. The normalized spacial score (nSPS) is 10.9. The molecule has 1 amide bonds. The topological polar surface area (TPSA) is 75.3 Å². The molecule has 7 heteroatoms. The van der Waals surface area contributed by atoms with E-state index in [0.717, 1.165) is 12.3 Å². The van der Waals surface area contributed by atoms with Gasteiger partial charge in [-0.2, -0.15) is 0 Å². The van der Waals surface area contributed by atoms with E-state index in [0.29, 0.717) is 12.0 Å². The standard InChI is InChI=1S/C9H11FN2O3S/c1-16(14,15)12-9-4-8(10)3-2-7(9)5-11-6-13/h2-4,6,12H,5H2,1H3,(H,11,13). The van der Waals surface area contributed by atoms with Crippen molar-refractivity contribution in [3.05, 3.63) is 29.6 Å². The maximum Gasteiger partial charge on any atom is 0.229 e. The monoisotopic (exact) mass is 246 g/mol. The summed E-state index contributed by atoms with van der Waals surface area (Å²) in [6.45, 7) is 0.127. The summed E-state index contributed by atoms with van der Waals surface area (Å²) >= 11 is 0. The number of sulfonamides is 1. The molecule has 2 N–H and O–H groups in total. The summed E-state index contributed by atoms with van der Waals surface area (Å²) in [4.78, 5) is 10.1. The average molecular weight is 246 g/mol. The minimum atomic E-state index is -3.47. The van der Waals surface area contributed by atoms with Gasteiger partial charge < -0.3 is 5.32 Å². The van der Waals surface area contributed by atoms with Crippen molar-refractivity contribution in [2.24, 2.45) is 0 Å². The Morgan fingerprint density at radius 1 is 1.44 bits per heavy atom. The highest BCUT2D eigenvalue weighted by atomic mass is 32.2. The van der Waals surface area contributed by atoms with Crippen LogP contribution in [-0.4, -0.2) is 21.1 Å². The first kappa shape index (κ1) is 12.4. The lowest BCUT2D eigenvalue weighted by molar-refractivity contribution is -0.109. The summed E-state index contributed by atoms with van der Waals surface area (Å²) in [6.07, 6.45) is 1.45. The Kier molecular flexibility index (Phi) is 3.83. The second-order valence-electron chi connectivity index (χ2n) is 3.17. The molecule has 0 atom stereocenters. The maximum atomic E-state index is 12.9. The predicted octanol–water partition coefficient (Wildman–Crippen LogP) is 0.443. The van der Waals surface area contributed by atoms with E-state index in [1.54, 1.807) is 0 Å². The van der Waals surface area contributed by atoms with Gasteiger partial charge in [0.25, 0.3) is 0 Å². The zero-order chi connectivity index (χ0) is 12.2. The van der Waals surface area contributed by atoms with Gasteiger partial charge in [-0.05, 0) is 17.7 Å². The number of amides is 1. The summed E-state index contributed by atoms with van der Waals surface area (Å²) < 4.78 is 37.1. The van der Waals surface area contributed by atoms with E-state index in [1.165, 1.54) is 12.1 Å². The minimum absolute atomic E-state index is 0.122. The molecule has 0 heterocycles. The molecule has 1 rings (SSSR count). The number of anilines is 1. The first-order valence-corrected chi connectivity index (χ1v) is 6.25. The highest BCUT2D eigenvalue weighted by molar-refractivity contribution is 7.92. The second-order valence-corrected chi connectivity index (χ2v) is 4.92. The summed E-state index contributed by atoms with van der Waals surface area (Å²) in [7, 11) is -3.47. The van der Waals surface area contributed by atoms with Crippen molar-refractivity contribution >= 4 is 22.1 Å². The second kappa shape index (κ2) is 4.93. The van der Waals surface area contributed by atoms with Crippen LogP contribution in [0.4, 0.5) is 10.1 Å². The van der Waals surface area contributed by atoms with Crippen LogP contribution in [0.2, 0.25) is 0 Å². The molecule has 0 bridgehead atoms. The van der Waals surface area contributed by atoms with Crippen LogP contribution in [0.1, 0.15) is 5.56 Å². The number of benzene rings is 1. The van der Waals surface area contributed by atoms with E-state index < -0.39 is 15.8 Å². The molecule has 88 valence electrons. The fraction of sp³-hybridized carbons (Fsp3) is 0.222. The molecule has 1 aromatic carbocycles. The van der Waals surface area contributed by atoms with Crippen molar-refractivity contribution in [2.45, 2.75) is 6.54 Å². The largest absolute Gasteiger partial charge is 0.355 e. The lowest BCUT2D eigenvalue weighted by Gasteiger charge is -2.10. The maximum absolute atomic E-state index is 12.9. The highest BCUT2D eigenvalue weighted by Gasteiger charge is 2.08. The van der Waals surface area contributed by atoms with Gasteiger partial charge in [0.2, 0.25) is 16.4 Å². The van der Waals surface area contributed by atoms with E-state index in [1.807, 2.05) is 0 Å². The van der Waals surface area contributed by atoms with Crippen LogP contribution in [0.25, 0.3) is 0 Å². The first-order valence-electron chi connectivity index (χ1n) is 4.35. The Morgan fingerprint density at radius 3 is 2.69 bits per heavy atom. The number of halogens is 1. The van der Waals surface area contributed by atoms with Crippen LogP contribution in [0, 0.1) is 5.82 Å². The smallest absolute Gasteiger partial charge is 0.229 e. The molecule has 0 fully saturated rings. The Balaban J connectivity index is 3.02. The Hall–Kier alpha value is -1.63. The molecule has 0 radical (unpaired) electrons. The zero-order valence-electron chi connectivity index (χ0n) is 8.53. The van der Waals surface area contributed by atoms with Crippen molar-refractivity contribution in [1.29, 1.82) is 0 Å². The van der Waals surface area contributed by atoms with E-state index >= 15 is 0 Å². The van der Waals surface area contributed by atoms with Crippen LogP contribution >= 0.6 is 0 Å². The van der Waals surface area contributed by atoms with E-state index in [4.69, 9.17) is 0 Å². The molecule has 16 heavy (non-hydrogen) atoms. The molecule has 0 unspecified atom stereocenters. The molecule has 0 saturated carbocycles. The number of hydrogen-bond donors (Lipinski definition) is 2. The van der Waals surface area contributed by atoms with E-state index in [2.05, 4.69) is 10.0 Å². The van der Waals surface area contributed by atoms with Crippen molar-refractivity contribution in [3.63, 3.8) is 0 Å². The third-order valence-electron chi connectivity index (χ3n) is 1.74. The molecule has 0 spiro atoms. The van der Waals surface area contributed by atoms with E-state index in [-0.39, 0.29) is 12.2 Å². The van der Waals surface area contributed by atoms with Crippen molar-refractivity contribution in [2.75, 3.05) is 11.0 Å². The van der Waals surface area contributed by atoms with Crippen LogP contribution in [0.5, 0.6) is 0 Å². The minimum Gasteiger partial charge on any atom is -0.355 e. The third-order valence-corrected chi connectivity index (χ3v) is 2.33. The number of rotatable bonds is 5. The molecule has 0 aliphatic carbocycles. The van der Waals surface area contributed by atoms with Crippen LogP contribution in [-0.2, 0) is 21.4 Å². The fourth-order valence-electron chi connectivity index (χ4n) is 1.15. The van der Waals surface area contributed by atoms with Gasteiger partial charge >= 0.3 is 0 Å². The zero-order valence-corrected chi connectivity index (χ0v) is 9.34. The molecular formula is C9H11FN2O3S. The third kappa shape index (κ3) is 3.85. The highest BCUT2D eigenvalue weighted by Crippen LogP contribution is 2.18. The van der Waals surface area contributed by atoms with Gasteiger partial charge in [0.05, 0.1) is 11.9 Å². The lowest BCUT2D eigenvalue weighted by Crippen LogP contribution is -2.15. The molecular weight excluding hydrogens is 235 g/mol. The summed E-state index contributed by atoms with van der Waals surface area (Å²) in [5.41, 5.74) is 0.607. The lowest BCUT2D eigenvalue weighted by atomic mass is 10.2.